The highest BCUT2D eigenvalue weighted by Crippen LogP contribution is 2.41. The van der Waals surface area contributed by atoms with Crippen LogP contribution in [0.2, 0.25) is 0 Å². The number of hydrogen-bond acceptors (Lipinski definition) is 3. The van der Waals surface area contributed by atoms with E-state index >= 15 is 0 Å². The van der Waals surface area contributed by atoms with E-state index in [0.29, 0.717) is 13.0 Å². The Labute approximate surface area is 125 Å². The first-order valence-corrected chi connectivity index (χ1v) is 7.60. The number of hydrazone groups is 1. The summed E-state index contributed by atoms with van der Waals surface area (Å²) in [6.45, 7) is 6.66. The first-order valence-electron chi connectivity index (χ1n) is 7.60. The quantitative estimate of drug-likeness (QED) is 0.838. The third kappa shape index (κ3) is 2.60. The van der Waals surface area contributed by atoms with Gasteiger partial charge in [-0.3, -0.25) is 4.79 Å². The molecule has 4 heteroatoms. The van der Waals surface area contributed by atoms with Gasteiger partial charge >= 0.3 is 0 Å². The summed E-state index contributed by atoms with van der Waals surface area (Å²) in [5.41, 5.74) is 2.04. The average Bonchev–Trinajstić information content (AvgIpc) is 2.84. The van der Waals surface area contributed by atoms with Gasteiger partial charge in [-0.05, 0) is 19.4 Å². The third-order valence-corrected chi connectivity index (χ3v) is 4.27. The molecule has 112 valence electrons. The van der Waals surface area contributed by atoms with Gasteiger partial charge in [0.25, 0.3) is 0 Å². The van der Waals surface area contributed by atoms with E-state index in [1.165, 1.54) is 0 Å². The van der Waals surface area contributed by atoms with Crippen LogP contribution in [0.5, 0.6) is 0 Å². The van der Waals surface area contributed by atoms with Crippen molar-refractivity contribution < 1.29 is 9.53 Å². The lowest BCUT2D eigenvalue weighted by molar-refractivity contribution is -0.133. The summed E-state index contributed by atoms with van der Waals surface area (Å²) in [6.07, 6.45) is 1.26. The molecular formula is C17H22N2O2. The van der Waals surface area contributed by atoms with Gasteiger partial charge in [0.15, 0.2) is 0 Å². The van der Waals surface area contributed by atoms with Gasteiger partial charge in [-0.15, -0.1) is 0 Å². The van der Waals surface area contributed by atoms with Crippen LogP contribution in [-0.4, -0.2) is 28.8 Å². The molecule has 0 saturated carbocycles. The highest BCUT2D eigenvalue weighted by molar-refractivity contribution is 5.93. The van der Waals surface area contributed by atoms with E-state index in [-0.39, 0.29) is 23.5 Å². The van der Waals surface area contributed by atoms with Crippen molar-refractivity contribution in [2.45, 2.75) is 45.3 Å². The van der Waals surface area contributed by atoms with E-state index in [2.05, 4.69) is 31.1 Å². The molecule has 2 heterocycles. The van der Waals surface area contributed by atoms with Gasteiger partial charge in [-0.25, -0.2) is 5.01 Å². The lowest BCUT2D eigenvalue weighted by Crippen LogP contribution is -2.41. The summed E-state index contributed by atoms with van der Waals surface area (Å²) in [5, 5.41) is 6.34. The van der Waals surface area contributed by atoms with Gasteiger partial charge in [0.1, 0.15) is 0 Å². The summed E-state index contributed by atoms with van der Waals surface area (Å²) in [5.74, 6) is 0.250. The maximum Gasteiger partial charge on any atom is 0.242 e. The third-order valence-electron chi connectivity index (χ3n) is 4.27. The first kappa shape index (κ1) is 14.3. The number of hydrogen-bond donors (Lipinski definition) is 0. The van der Waals surface area contributed by atoms with Crippen LogP contribution in [0.1, 0.15) is 45.2 Å². The van der Waals surface area contributed by atoms with Crippen molar-refractivity contribution in [1.29, 1.82) is 0 Å². The minimum Gasteiger partial charge on any atom is -0.374 e. The second-order valence-corrected chi connectivity index (χ2v) is 6.39. The Hall–Kier alpha value is -1.68. The molecule has 0 N–H and O–H groups in total. The van der Waals surface area contributed by atoms with Crippen LogP contribution in [0.25, 0.3) is 0 Å². The second kappa shape index (κ2) is 5.26. The fourth-order valence-electron chi connectivity index (χ4n) is 3.18. The molecule has 2 atom stereocenters. The Morgan fingerprint density at radius 1 is 1.38 bits per heavy atom. The summed E-state index contributed by atoms with van der Waals surface area (Å²) >= 11 is 0. The van der Waals surface area contributed by atoms with Crippen LogP contribution in [-0.2, 0) is 9.53 Å². The Bertz CT molecular complexity index is 565. The smallest absolute Gasteiger partial charge is 0.242 e. The predicted molar refractivity (Wildman–Crippen MR) is 81.9 cm³/mol. The van der Waals surface area contributed by atoms with Crippen molar-refractivity contribution in [1.82, 2.24) is 5.01 Å². The number of rotatable bonds is 2. The fraction of sp³-hybridized carbons (Fsp3) is 0.529. The van der Waals surface area contributed by atoms with Gasteiger partial charge in [0, 0.05) is 24.5 Å². The summed E-state index contributed by atoms with van der Waals surface area (Å²) in [6, 6.07) is 10.1. The molecule has 0 bridgehead atoms. The zero-order valence-electron chi connectivity index (χ0n) is 12.9. The Kier molecular flexibility index (Phi) is 3.57. The van der Waals surface area contributed by atoms with Crippen molar-refractivity contribution in [3.63, 3.8) is 0 Å². The lowest BCUT2D eigenvalue weighted by atomic mass is 9.83. The molecule has 2 aliphatic rings. The lowest BCUT2D eigenvalue weighted by Gasteiger charge is -2.35. The van der Waals surface area contributed by atoms with Gasteiger partial charge in [0.05, 0.1) is 18.2 Å². The van der Waals surface area contributed by atoms with Gasteiger partial charge in [-0.2, -0.15) is 5.10 Å². The first-order chi connectivity index (χ1) is 10.0. The monoisotopic (exact) mass is 286 g/mol. The fourth-order valence-corrected chi connectivity index (χ4v) is 3.18. The number of ether oxygens (including phenoxy) is 1. The minimum atomic E-state index is -0.193. The van der Waals surface area contributed by atoms with Crippen LogP contribution in [0, 0.1) is 5.92 Å². The molecule has 1 aromatic carbocycles. The summed E-state index contributed by atoms with van der Waals surface area (Å²) in [7, 11) is 0. The van der Waals surface area contributed by atoms with Crippen LogP contribution in [0.4, 0.5) is 0 Å². The van der Waals surface area contributed by atoms with Crippen LogP contribution < -0.4 is 0 Å². The van der Waals surface area contributed by atoms with E-state index in [0.717, 1.165) is 17.7 Å². The highest BCUT2D eigenvalue weighted by atomic mass is 16.5. The molecule has 4 nitrogen and oxygen atoms in total. The average molecular weight is 286 g/mol. The van der Waals surface area contributed by atoms with Crippen LogP contribution in [0.15, 0.2) is 35.4 Å². The van der Waals surface area contributed by atoms with Gasteiger partial charge in [0.2, 0.25) is 5.91 Å². The molecule has 0 spiro atoms. The Morgan fingerprint density at radius 3 is 2.76 bits per heavy atom. The topological polar surface area (TPSA) is 41.9 Å². The molecule has 0 unspecified atom stereocenters. The van der Waals surface area contributed by atoms with Crippen molar-refractivity contribution >= 4 is 11.6 Å². The molecule has 0 radical (unpaired) electrons. The minimum absolute atomic E-state index is 0.0234. The van der Waals surface area contributed by atoms with E-state index < -0.39 is 0 Å². The largest absolute Gasteiger partial charge is 0.374 e. The molecule has 2 aliphatic heterocycles. The normalized spacial score (nSPS) is 27.2. The molecule has 1 saturated heterocycles. The van der Waals surface area contributed by atoms with Crippen molar-refractivity contribution in [3.05, 3.63) is 35.9 Å². The number of amides is 1. The number of nitrogens with zero attached hydrogens (tertiary/aromatic N) is 2. The number of benzene rings is 1. The van der Waals surface area contributed by atoms with Crippen molar-refractivity contribution in [2.24, 2.45) is 11.0 Å². The van der Waals surface area contributed by atoms with E-state index in [1.54, 1.807) is 5.01 Å². The molecule has 1 fully saturated rings. The summed E-state index contributed by atoms with van der Waals surface area (Å²) < 4.78 is 5.97. The number of fused-ring (bicyclic) bond motifs is 1. The maximum atomic E-state index is 12.3. The molecule has 1 aromatic rings. The Balaban J connectivity index is 1.97. The Morgan fingerprint density at radius 2 is 2.10 bits per heavy atom. The number of carbonyl (C=O) groups is 1. The van der Waals surface area contributed by atoms with Gasteiger partial charge < -0.3 is 4.74 Å². The highest BCUT2D eigenvalue weighted by Gasteiger charge is 2.45. The summed E-state index contributed by atoms with van der Waals surface area (Å²) in [4.78, 5) is 12.3. The molecule has 0 aliphatic carbocycles. The van der Waals surface area contributed by atoms with E-state index in [4.69, 9.17) is 4.74 Å². The molecule has 3 rings (SSSR count). The molecule has 0 aromatic heterocycles. The van der Waals surface area contributed by atoms with Crippen LogP contribution >= 0.6 is 0 Å². The van der Waals surface area contributed by atoms with Gasteiger partial charge in [-0.1, -0.05) is 37.3 Å². The zero-order valence-corrected chi connectivity index (χ0v) is 12.9. The molecule has 21 heavy (non-hydrogen) atoms. The van der Waals surface area contributed by atoms with Crippen molar-refractivity contribution in [3.8, 4) is 0 Å². The van der Waals surface area contributed by atoms with E-state index in [9.17, 15) is 4.79 Å². The molecular weight excluding hydrogens is 264 g/mol. The zero-order chi connectivity index (χ0) is 15.0. The standard InChI is InChI=1S/C17H22N2O2/c1-4-15(20)19-16(12-8-6-5-7-9-12)13-11-21-17(2,3)10-14(13)18-19/h5-9,13,16H,4,10-11H2,1-3H3/t13-,16+/m0/s1. The number of carbonyl (C=O) groups excluding carboxylic acids is 1. The molecule has 1 amide bonds. The maximum absolute atomic E-state index is 12.3. The second-order valence-electron chi connectivity index (χ2n) is 6.39. The van der Waals surface area contributed by atoms with Crippen LogP contribution in [0.3, 0.4) is 0 Å². The van der Waals surface area contributed by atoms with E-state index in [1.807, 2.05) is 25.1 Å². The van der Waals surface area contributed by atoms with Crippen molar-refractivity contribution in [2.75, 3.05) is 6.61 Å². The SMILES string of the molecule is CCC(=O)N1N=C2CC(C)(C)OC[C@@H]2[C@H]1c1ccccc1. The predicted octanol–water partition coefficient (Wildman–Crippen LogP) is 3.15.